The maximum Gasteiger partial charge on any atom is 0.389 e. The number of pyridine rings is 1. The van der Waals surface area contributed by atoms with Crippen molar-refractivity contribution in [3.05, 3.63) is 46.4 Å². The van der Waals surface area contributed by atoms with E-state index in [1.165, 1.54) is 0 Å². The number of para-hydroxylation sites is 1. The number of benzene rings is 2. The monoisotopic (exact) mass is 466 g/mol. The van der Waals surface area contributed by atoms with Gasteiger partial charge >= 0.3 is 6.18 Å². The number of hydrogen-bond donors (Lipinski definition) is 1. The van der Waals surface area contributed by atoms with Crippen LogP contribution < -0.4 is 5.73 Å². The Balaban J connectivity index is 1.49. The number of nitrogens with zero attached hydrogens (tertiary/aromatic N) is 1. The van der Waals surface area contributed by atoms with Gasteiger partial charge in [-0.15, -0.1) is 0 Å². The summed E-state index contributed by atoms with van der Waals surface area (Å²) in [5, 5.41) is 2.12. The highest BCUT2D eigenvalue weighted by molar-refractivity contribution is 9.10. The molecule has 2 nitrogen and oxygen atoms in total. The van der Waals surface area contributed by atoms with Gasteiger partial charge in [-0.05, 0) is 65.0 Å². The van der Waals surface area contributed by atoms with Crippen LogP contribution in [0.5, 0.6) is 0 Å². The fourth-order valence-electron chi connectivity index (χ4n) is 3.67. The molecule has 0 atom stereocenters. The van der Waals surface area contributed by atoms with Gasteiger partial charge in [-0.25, -0.2) is 4.98 Å². The highest BCUT2D eigenvalue weighted by Gasteiger charge is 2.25. The van der Waals surface area contributed by atoms with Gasteiger partial charge < -0.3 is 5.73 Å². The second-order valence-electron chi connectivity index (χ2n) is 7.63. The van der Waals surface area contributed by atoms with Crippen molar-refractivity contribution in [2.24, 2.45) is 0 Å². The van der Waals surface area contributed by atoms with E-state index in [2.05, 4.69) is 28.1 Å². The number of rotatable bonds is 9. The summed E-state index contributed by atoms with van der Waals surface area (Å²) in [4.78, 5) is 4.80. The first-order chi connectivity index (χ1) is 13.8. The molecule has 29 heavy (non-hydrogen) atoms. The number of nitrogens with two attached hydrogens (primary N) is 1. The first kappa shape index (κ1) is 21.9. The SMILES string of the molecule is Nc1cc2cc3cccc(Br)c3nc2cc1CCCCCCCCCC(F)(F)F. The summed E-state index contributed by atoms with van der Waals surface area (Å²) >= 11 is 3.56. The second-order valence-corrected chi connectivity index (χ2v) is 8.49. The molecule has 156 valence electrons. The molecule has 0 radical (unpaired) electrons. The molecule has 0 saturated carbocycles. The molecule has 3 aromatic rings. The van der Waals surface area contributed by atoms with Gasteiger partial charge in [0.2, 0.25) is 0 Å². The van der Waals surface area contributed by atoms with Gasteiger partial charge in [0.15, 0.2) is 0 Å². The van der Waals surface area contributed by atoms with E-state index in [0.29, 0.717) is 6.42 Å². The van der Waals surface area contributed by atoms with Crippen LogP contribution in [0.1, 0.15) is 56.9 Å². The summed E-state index contributed by atoms with van der Waals surface area (Å²) in [6, 6.07) is 12.2. The maximum atomic E-state index is 12.1. The van der Waals surface area contributed by atoms with E-state index >= 15 is 0 Å². The summed E-state index contributed by atoms with van der Waals surface area (Å²) in [6.45, 7) is 0. The number of hydrogen-bond acceptors (Lipinski definition) is 2. The molecule has 3 rings (SSSR count). The van der Waals surface area contributed by atoms with E-state index in [9.17, 15) is 13.2 Å². The topological polar surface area (TPSA) is 38.9 Å². The molecule has 2 N–H and O–H groups in total. The van der Waals surface area contributed by atoms with Crippen LogP contribution >= 0.6 is 15.9 Å². The highest BCUT2D eigenvalue weighted by atomic mass is 79.9. The molecule has 1 aromatic heterocycles. The van der Waals surface area contributed by atoms with E-state index in [4.69, 9.17) is 10.7 Å². The van der Waals surface area contributed by atoms with Crippen LogP contribution in [0.25, 0.3) is 21.8 Å². The molecular formula is C23H26BrF3N2. The molecule has 6 heteroatoms. The average Bonchev–Trinajstić information content (AvgIpc) is 2.65. The Morgan fingerprint density at radius 3 is 2.28 bits per heavy atom. The standard InChI is InChI=1S/C23H26BrF3N2/c24-19-11-8-10-17-13-18-14-20(28)16(15-21(18)29-22(17)19)9-6-4-2-1-3-5-7-12-23(25,26)27/h8,10-11,13-15H,1-7,9,12,28H2. The van der Waals surface area contributed by atoms with Crippen molar-refractivity contribution in [2.45, 2.75) is 64.0 Å². The second kappa shape index (κ2) is 9.79. The lowest BCUT2D eigenvalue weighted by Gasteiger charge is -2.10. The summed E-state index contributed by atoms with van der Waals surface area (Å²) in [6.07, 6.45) is 2.13. The number of nitrogen functional groups attached to an aromatic ring is 1. The lowest BCUT2D eigenvalue weighted by Crippen LogP contribution is -2.06. The van der Waals surface area contributed by atoms with Gasteiger partial charge in [0, 0.05) is 27.4 Å². The molecule has 0 saturated heterocycles. The molecular weight excluding hydrogens is 441 g/mol. The summed E-state index contributed by atoms with van der Waals surface area (Å²) in [7, 11) is 0. The normalized spacial score (nSPS) is 12.1. The Hall–Kier alpha value is -1.82. The summed E-state index contributed by atoms with van der Waals surface area (Å²) in [5.41, 5.74) is 10.1. The van der Waals surface area contributed by atoms with Gasteiger partial charge in [0.25, 0.3) is 0 Å². The predicted octanol–water partition coefficient (Wildman–Crippen LogP) is 7.96. The number of halogens is 4. The van der Waals surface area contributed by atoms with Crippen molar-refractivity contribution in [1.29, 1.82) is 0 Å². The Labute approximate surface area is 177 Å². The Bertz CT molecular complexity index is 970. The molecule has 0 aliphatic carbocycles. The van der Waals surface area contributed by atoms with E-state index in [1.54, 1.807) is 0 Å². The van der Waals surface area contributed by atoms with Crippen LogP contribution in [-0.4, -0.2) is 11.2 Å². The zero-order chi connectivity index (χ0) is 20.9. The van der Waals surface area contributed by atoms with Gasteiger partial charge in [0.05, 0.1) is 11.0 Å². The van der Waals surface area contributed by atoms with Crippen LogP contribution in [0, 0.1) is 0 Å². The summed E-state index contributed by atoms with van der Waals surface area (Å²) < 4.78 is 37.3. The van der Waals surface area contributed by atoms with Gasteiger partial charge in [-0.2, -0.15) is 13.2 Å². The van der Waals surface area contributed by atoms with E-state index < -0.39 is 12.6 Å². The molecule has 0 spiro atoms. The maximum absolute atomic E-state index is 12.1. The van der Waals surface area contributed by atoms with E-state index in [0.717, 1.165) is 76.1 Å². The molecule has 0 aliphatic heterocycles. The van der Waals surface area contributed by atoms with Crippen LogP contribution in [0.2, 0.25) is 0 Å². The molecule has 1 heterocycles. The van der Waals surface area contributed by atoms with E-state index in [-0.39, 0.29) is 6.42 Å². The minimum absolute atomic E-state index is 0.245. The van der Waals surface area contributed by atoms with Crippen molar-refractivity contribution in [3.63, 3.8) is 0 Å². The number of aryl methyl sites for hydroxylation is 1. The fraction of sp³-hybridized carbons (Fsp3) is 0.435. The lowest BCUT2D eigenvalue weighted by atomic mass is 10.0. The Kier molecular flexibility index (Phi) is 7.38. The molecule has 0 fully saturated rings. The third-order valence-electron chi connectivity index (χ3n) is 5.26. The van der Waals surface area contributed by atoms with E-state index in [1.807, 2.05) is 24.3 Å². The van der Waals surface area contributed by atoms with Crippen molar-refractivity contribution in [2.75, 3.05) is 5.73 Å². The number of aromatic nitrogens is 1. The molecule has 2 aromatic carbocycles. The van der Waals surface area contributed by atoms with Gasteiger partial charge in [-0.3, -0.25) is 0 Å². The molecule has 0 unspecified atom stereocenters. The Morgan fingerprint density at radius 1 is 0.862 bits per heavy atom. The molecule has 0 aliphatic rings. The lowest BCUT2D eigenvalue weighted by molar-refractivity contribution is -0.135. The fourth-order valence-corrected chi connectivity index (χ4v) is 4.14. The minimum atomic E-state index is -4.02. The first-order valence-corrected chi connectivity index (χ1v) is 11.0. The zero-order valence-corrected chi connectivity index (χ0v) is 18.0. The molecule has 0 amide bonds. The van der Waals surface area contributed by atoms with Crippen LogP contribution in [-0.2, 0) is 6.42 Å². The van der Waals surface area contributed by atoms with Crippen LogP contribution in [0.3, 0.4) is 0 Å². The molecule has 0 bridgehead atoms. The predicted molar refractivity (Wildman–Crippen MR) is 118 cm³/mol. The Morgan fingerprint density at radius 2 is 1.55 bits per heavy atom. The van der Waals surface area contributed by atoms with Crippen molar-refractivity contribution in [1.82, 2.24) is 4.98 Å². The number of fused-ring (bicyclic) bond motifs is 2. The van der Waals surface area contributed by atoms with Gasteiger partial charge in [0.1, 0.15) is 0 Å². The van der Waals surface area contributed by atoms with Crippen molar-refractivity contribution in [3.8, 4) is 0 Å². The van der Waals surface area contributed by atoms with Gasteiger partial charge in [-0.1, -0.05) is 44.2 Å². The first-order valence-electron chi connectivity index (χ1n) is 10.2. The zero-order valence-electron chi connectivity index (χ0n) is 16.4. The minimum Gasteiger partial charge on any atom is -0.398 e. The average molecular weight is 467 g/mol. The third kappa shape index (κ3) is 6.33. The van der Waals surface area contributed by atoms with Crippen molar-refractivity contribution >= 4 is 43.4 Å². The number of unbranched alkanes of at least 4 members (excludes halogenated alkanes) is 6. The summed E-state index contributed by atoms with van der Waals surface area (Å²) in [5.74, 6) is 0. The quantitative estimate of drug-likeness (QED) is 0.197. The number of anilines is 1. The largest absolute Gasteiger partial charge is 0.398 e. The number of alkyl halides is 3. The smallest absolute Gasteiger partial charge is 0.389 e. The van der Waals surface area contributed by atoms with Crippen molar-refractivity contribution < 1.29 is 13.2 Å². The van der Waals surface area contributed by atoms with Crippen LogP contribution in [0.15, 0.2) is 40.9 Å². The third-order valence-corrected chi connectivity index (χ3v) is 5.90. The van der Waals surface area contributed by atoms with Crippen LogP contribution in [0.4, 0.5) is 18.9 Å². The highest BCUT2D eigenvalue weighted by Crippen LogP contribution is 2.29.